The molecule has 0 saturated heterocycles. The van der Waals surface area contributed by atoms with Crippen molar-refractivity contribution >= 4 is 22.7 Å². The van der Waals surface area contributed by atoms with Crippen LogP contribution < -0.4 is 0 Å². The van der Waals surface area contributed by atoms with Gasteiger partial charge in [0.15, 0.2) is 0 Å². The highest BCUT2D eigenvalue weighted by Crippen LogP contribution is 2.25. The first-order valence-corrected chi connectivity index (χ1v) is 6.50. The maximum atomic E-state index is 2.26. The summed E-state index contributed by atoms with van der Waals surface area (Å²) in [4.78, 5) is 0. The van der Waals surface area contributed by atoms with E-state index < -0.39 is 0 Å². The molecule has 2 aromatic rings. The SMILES string of the molecule is CCSCc1cn(C)c2cc(C)ccc12. The Morgan fingerprint density at radius 2 is 2.13 bits per heavy atom. The molecule has 1 nitrogen and oxygen atoms in total. The number of hydrogen-bond acceptors (Lipinski definition) is 1. The quantitative estimate of drug-likeness (QED) is 0.761. The first-order valence-electron chi connectivity index (χ1n) is 5.34. The molecule has 0 aliphatic carbocycles. The van der Waals surface area contributed by atoms with Crippen molar-refractivity contribution in [2.45, 2.75) is 19.6 Å². The van der Waals surface area contributed by atoms with Crippen LogP contribution in [0.15, 0.2) is 24.4 Å². The predicted octanol–water partition coefficient (Wildman–Crippen LogP) is 3.74. The average molecular weight is 219 g/mol. The highest BCUT2D eigenvalue weighted by molar-refractivity contribution is 7.98. The molecular formula is C13H17NS. The van der Waals surface area contributed by atoms with Crippen molar-refractivity contribution in [3.8, 4) is 0 Å². The van der Waals surface area contributed by atoms with E-state index in [1.54, 1.807) is 0 Å². The van der Waals surface area contributed by atoms with E-state index in [2.05, 4.69) is 49.9 Å². The summed E-state index contributed by atoms with van der Waals surface area (Å²) >= 11 is 1.98. The van der Waals surface area contributed by atoms with Gasteiger partial charge >= 0.3 is 0 Å². The minimum absolute atomic E-state index is 1.12. The standard InChI is InChI=1S/C13H17NS/c1-4-15-9-11-8-14(3)13-7-10(2)5-6-12(11)13/h5-8H,4,9H2,1-3H3. The van der Waals surface area contributed by atoms with Crippen LogP contribution in [0.25, 0.3) is 10.9 Å². The number of aromatic nitrogens is 1. The summed E-state index contributed by atoms with van der Waals surface area (Å²) in [7, 11) is 2.13. The molecule has 0 radical (unpaired) electrons. The number of hydrogen-bond donors (Lipinski definition) is 0. The van der Waals surface area contributed by atoms with Crippen molar-refractivity contribution in [1.29, 1.82) is 0 Å². The van der Waals surface area contributed by atoms with Gasteiger partial charge in [-0.25, -0.2) is 0 Å². The Morgan fingerprint density at radius 1 is 1.33 bits per heavy atom. The van der Waals surface area contributed by atoms with Crippen molar-refractivity contribution in [1.82, 2.24) is 4.57 Å². The smallest absolute Gasteiger partial charge is 0.0483 e. The molecule has 0 spiro atoms. The van der Waals surface area contributed by atoms with E-state index in [0.717, 1.165) is 5.75 Å². The van der Waals surface area contributed by atoms with Crippen LogP contribution in [0.5, 0.6) is 0 Å². The monoisotopic (exact) mass is 219 g/mol. The number of aryl methyl sites for hydroxylation is 2. The fourth-order valence-corrected chi connectivity index (χ4v) is 2.56. The molecule has 0 atom stereocenters. The second kappa shape index (κ2) is 4.31. The number of thioether (sulfide) groups is 1. The van der Waals surface area contributed by atoms with Crippen LogP contribution in [-0.4, -0.2) is 10.3 Å². The average Bonchev–Trinajstić information content (AvgIpc) is 2.53. The molecule has 0 unspecified atom stereocenters. The van der Waals surface area contributed by atoms with Gasteiger partial charge in [-0.15, -0.1) is 0 Å². The molecule has 2 rings (SSSR count). The Morgan fingerprint density at radius 3 is 2.87 bits per heavy atom. The molecule has 0 N–H and O–H groups in total. The van der Waals surface area contributed by atoms with Crippen LogP contribution in [0.1, 0.15) is 18.1 Å². The minimum Gasteiger partial charge on any atom is -0.350 e. The maximum Gasteiger partial charge on any atom is 0.0483 e. The molecule has 0 aliphatic heterocycles. The van der Waals surface area contributed by atoms with Gasteiger partial charge in [0.1, 0.15) is 0 Å². The highest BCUT2D eigenvalue weighted by Gasteiger charge is 2.05. The summed E-state index contributed by atoms with van der Waals surface area (Å²) in [6.45, 7) is 4.35. The number of fused-ring (bicyclic) bond motifs is 1. The molecule has 15 heavy (non-hydrogen) atoms. The molecule has 0 amide bonds. The van der Waals surface area contributed by atoms with Crippen LogP contribution in [-0.2, 0) is 12.8 Å². The fourth-order valence-electron chi connectivity index (χ4n) is 1.90. The second-order valence-corrected chi connectivity index (χ2v) is 5.20. The summed E-state index contributed by atoms with van der Waals surface area (Å²) in [5.41, 5.74) is 4.14. The molecule has 0 aliphatic rings. The zero-order valence-electron chi connectivity index (χ0n) is 9.58. The molecular weight excluding hydrogens is 202 g/mol. The van der Waals surface area contributed by atoms with E-state index in [1.807, 2.05) is 11.8 Å². The largest absolute Gasteiger partial charge is 0.350 e. The third-order valence-corrected chi connectivity index (χ3v) is 3.61. The first kappa shape index (κ1) is 10.6. The van der Waals surface area contributed by atoms with Crippen molar-refractivity contribution in [2.24, 2.45) is 7.05 Å². The van der Waals surface area contributed by atoms with Gasteiger partial charge in [-0.05, 0) is 29.9 Å². The number of rotatable bonds is 3. The Bertz CT molecular complexity index is 471. The Hall–Kier alpha value is -0.890. The first-order chi connectivity index (χ1) is 7.22. The minimum atomic E-state index is 1.12. The lowest BCUT2D eigenvalue weighted by Crippen LogP contribution is -1.83. The maximum absolute atomic E-state index is 2.26. The molecule has 80 valence electrons. The Kier molecular flexibility index (Phi) is 3.06. The zero-order chi connectivity index (χ0) is 10.8. The summed E-state index contributed by atoms with van der Waals surface area (Å²) < 4.78 is 2.23. The lowest BCUT2D eigenvalue weighted by Gasteiger charge is -1.98. The fraction of sp³-hybridized carbons (Fsp3) is 0.385. The topological polar surface area (TPSA) is 4.93 Å². The summed E-state index contributed by atoms with van der Waals surface area (Å²) in [6.07, 6.45) is 2.26. The van der Waals surface area contributed by atoms with Crippen LogP contribution in [0, 0.1) is 6.92 Å². The van der Waals surface area contributed by atoms with E-state index in [0.29, 0.717) is 0 Å². The Labute approximate surface area is 95.5 Å². The Balaban J connectivity index is 2.48. The van der Waals surface area contributed by atoms with Crippen LogP contribution in [0.2, 0.25) is 0 Å². The van der Waals surface area contributed by atoms with Gasteiger partial charge in [0.05, 0.1) is 0 Å². The van der Waals surface area contributed by atoms with E-state index in [-0.39, 0.29) is 0 Å². The van der Waals surface area contributed by atoms with Gasteiger partial charge in [-0.1, -0.05) is 19.1 Å². The molecule has 1 aromatic heterocycles. The van der Waals surface area contributed by atoms with Gasteiger partial charge in [-0.3, -0.25) is 0 Å². The third-order valence-electron chi connectivity index (χ3n) is 2.69. The van der Waals surface area contributed by atoms with E-state index in [1.165, 1.54) is 27.8 Å². The van der Waals surface area contributed by atoms with Crippen molar-refractivity contribution in [2.75, 3.05) is 5.75 Å². The lowest BCUT2D eigenvalue weighted by atomic mass is 10.1. The van der Waals surface area contributed by atoms with E-state index in [4.69, 9.17) is 0 Å². The van der Waals surface area contributed by atoms with Crippen LogP contribution in [0.4, 0.5) is 0 Å². The van der Waals surface area contributed by atoms with Gasteiger partial charge in [0.2, 0.25) is 0 Å². The number of benzene rings is 1. The van der Waals surface area contributed by atoms with Crippen molar-refractivity contribution < 1.29 is 0 Å². The normalized spacial score (nSPS) is 11.1. The van der Waals surface area contributed by atoms with Gasteiger partial charge in [0, 0.05) is 29.9 Å². The van der Waals surface area contributed by atoms with E-state index in [9.17, 15) is 0 Å². The second-order valence-electron chi connectivity index (χ2n) is 3.92. The van der Waals surface area contributed by atoms with Gasteiger partial charge in [-0.2, -0.15) is 11.8 Å². The zero-order valence-corrected chi connectivity index (χ0v) is 10.4. The molecule has 1 heterocycles. The van der Waals surface area contributed by atoms with Crippen molar-refractivity contribution in [3.63, 3.8) is 0 Å². The molecule has 2 heteroatoms. The number of nitrogens with zero attached hydrogens (tertiary/aromatic N) is 1. The molecule has 1 aromatic carbocycles. The molecule has 0 fully saturated rings. The summed E-state index contributed by atoms with van der Waals surface area (Å²) in [5, 5.41) is 1.41. The molecule has 0 bridgehead atoms. The van der Waals surface area contributed by atoms with Gasteiger partial charge < -0.3 is 4.57 Å². The van der Waals surface area contributed by atoms with Crippen LogP contribution >= 0.6 is 11.8 Å². The van der Waals surface area contributed by atoms with Gasteiger partial charge in [0.25, 0.3) is 0 Å². The van der Waals surface area contributed by atoms with Crippen LogP contribution in [0.3, 0.4) is 0 Å². The summed E-state index contributed by atoms with van der Waals surface area (Å²) in [6, 6.07) is 6.70. The van der Waals surface area contributed by atoms with Crippen molar-refractivity contribution in [3.05, 3.63) is 35.5 Å². The highest BCUT2D eigenvalue weighted by atomic mass is 32.2. The predicted molar refractivity (Wildman–Crippen MR) is 69.5 cm³/mol. The lowest BCUT2D eigenvalue weighted by molar-refractivity contribution is 0.962. The van der Waals surface area contributed by atoms with E-state index >= 15 is 0 Å². The molecule has 0 saturated carbocycles. The third kappa shape index (κ3) is 2.05. The summed E-state index contributed by atoms with van der Waals surface area (Å²) in [5.74, 6) is 2.30.